The summed E-state index contributed by atoms with van der Waals surface area (Å²) in [6.07, 6.45) is 5.76. The van der Waals surface area contributed by atoms with Crippen LogP contribution >= 0.6 is 11.6 Å². The van der Waals surface area contributed by atoms with Crippen LogP contribution in [0.4, 0.5) is 5.69 Å². The largest absolute Gasteiger partial charge is 0.369 e. The Kier molecular flexibility index (Phi) is 5.27. The van der Waals surface area contributed by atoms with Crippen molar-refractivity contribution in [2.45, 2.75) is 51.6 Å². The van der Waals surface area contributed by atoms with Gasteiger partial charge in [0.2, 0.25) is 0 Å². The molecule has 0 aromatic carbocycles. The lowest BCUT2D eigenvalue weighted by atomic mass is 9.90. The maximum Gasteiger partial charge on any atom is 0.287 e. The van der Waals surface area contributed by atoms with Crippen LogP contribution < -0.4 is 15.8 Å². The Balaban J connectivity index is 2.15. The molecule has 1 aromatic heterocycles. The predicted octanol–water partition coefficient (Wildman–Crippen LogP) is 2.28. The van der Waals surface area contributed by atoms with Crippen molar-refractivity contribution >= 4 is 17.3 Å². The standard InChI is InChI=1S/C15H25ClN4O/c1-4-5-8-20-14(21)13(16)12(11-18-20)19-9-6-15(2,17-3)7-10-19/h11,17H,4-10H2,1-3H3. The van der Waals surface area contributed by atoms with E-state index in [1.165, 1.54) is 4.68 Å². The molecule has 0 amide bonds. The Hall–Kier alpha value is -1.07. The van der Waals surface area contributed by atoms with Gasteiger partial charge in [0.1, 0.15) is 5.02 Å². The molecule has 6 heteroatoms. The number of hydrogen-bond donors (Lipinski definition) is 1. The van der Waals surface area contributed by atoms with E-state index in [0.717, 1.165) is 44.5 Å². The lowest BCUT2D eigenvalue weighted by Crippen LogP contribution is -2.50. The summed E-state index contributed by atoms with van der Waals surface area (Å²) in [4.78, 5) is 14.4. The number of hydrogen-bond acceptors (Lipinski definition) is 4. The fraction of sp³-hybridized carbons (Fsp3) is 0.733. The van der Waals surface area contributed by atoms with Crippen LogP contribution in [0.3, 0.4) is 0 Å². The van der Waals surface area contributed by atoms with Crippen molar-refractivity contribution < 1.29 is 0 Å². The maximum absolute atomic E-state index is 12.3. The van der Waals surface area contributed by atoms with E-state index < -0.39 is 0 Å². The molecule has 1 aromatic rings. The van der Waals surface area contributed by atoms with Crippen LogP contribution in [0.1, 0.15) is 39.5 Å². The quantitative estimate of drug-likeness (QED) is 0.906. The van der Waals surface area contributed by atoms with E-state index >= 15 is 0 Å². The summed E-state index contributed by atoms with van der Waals surface area (Å²) in [7, 11) is 2.00. The van der Waals surface area contributed by atoms with Gasteiger partial charge in [-0.15, -0.1) is 0 Å². The molecular formula is C15H25ClN4O. The minimum absolute atomic E-state index is 0.173. The van der Waals surface area contributed by atoms with Crippen LogP contribution in [0.2, 0.25) is 5.02 Å². The van der Waals surface area contributed by atoms with Gasteiger partial charge in [-0.1, -0.05) is 24.9 Å². The first-order valence-electron chi connectivity index (χ1n) is 7.70. The van der Waals surface area contributed by atoms with E-state index in [4.69, 9.17) is 11.6 Å². The first kappa shape index (κ1) is 16.3. The zero-order chi connectivity index (χ0) is 15.5. The fourth-order valence-electron chi connectivity index (χ4n) is 2.64. The average molecular weight is 313 g/mol. The summed E-state index contributed by atoms with van der Waals surface area (Å²) in [5, 5.41) is 7.94. The third-order valence-corrected chi connectivity index (χ3v) is 4.86. The molecule has 0 spiro atoms. The molecule has 0 saturated carbocycles. The summed E-state index contributed by atoms with van der Waals surface area (Å²) >= 11 is 6.28. The van der Waals surface area contributed by atoms with Gasteiger partial charge >= 0.3 is 0 Å². The van der Waals surface area contributed by atoms with Crippen molar-refractivity contribution in [1.82, 2.24) is 15.1 Å². The smallest absolute Gasteiger partial charge is 0.287 e. The molecule has 118 valence electrons. The van der Waals surface area contributed by atoms with Crippen LogP contribution in [-0.4, -0.2) is 35.5 Å². The highest BCUT2D eigenvalue weighted by Gasteiger charge is 2.29. The Morgan fingerprint density at radius 2 is 2.10 bits per heavy atom. The molecule has 0 atom stereocenters. The number of anilines is 1. The topological polar surface area (TPSA) is 50.2 Å². The molecule has 1 saturated heterocycles. The van der Waals surface area contributed by atoms with E-state index in [1.807, 2.05) is 7.05 Å². The van der Waals surface area contributed by atoms with Gasteiger partial charge in [0.05, 0.1) is 11.9 Å². The summed E-state index contributed by atoms with van der Waals surface area (Å²) < 4.78 is 1.47. The van der Waals surface area contributed by atoms with Crippen LogP contribution in [-0.2, 0) is 6.54 Å². The van der Waals surface area contributed by atoms with E-state index in [-0.39, 0.29) is 11.1 Å². The molecule has 1 aliphatic rings. The first-order chi connectivity index (χ1) is 10.0. The monoisotopic (exact) mass is 312 g/mol. The average Bonchev–Trinajstić information content (AvgIpc) is 2.50. The van der Waals surface area contributed by atoms with Gasteiger partial charge in [-0.05, 0) is 33.2 Å². The van der Waals surface area contributed by atoms with Crippen LogP contribution in [0.25, 0.3) is 0 Å². The van der Waals surface area contributed by atoms with E-state index in [0.29, 0.717) is 11.6 Å². The van der Waals surface area contributed by atoms with Crippen LogP contribution in [0, 0.1) is 0 Å². The molecule has 2 rings (SSSR count). The van der Waals surface area contributed by atoms with Crippen molar-refractivity contribution in [3.05, 3.63) is 21.6 Å². The predicted molar refractivity (Wildman–Crippen MR) is 87.3 cm³/mol. The highest BCUT2D eigenvalue weighted by Crippen LogP contribution is 2.28. The Labute approximate surface area is 131 Å². The van der Waals surface area contributed by atoms with E-state index in [1.54, 1.807) is 6.20 Å². The number of aromatic nitrogens is 2. The zero-order valence-electron chi connectivity index (χ0n) is 13.2. The molecule has 0 aliphatic carbocycles. The minimum Gasteiger partial charge on any atom is -0.369 e. The summed E-state index contributed by atoms with van der Waals surface area (Å²) in [5.74, 6) is 0. The number of piperidine rings is 1. The summed E-state index contributed by atoms with van der Waals surface area (Å²) in [5.41, 5.74) is 0.768. The first-order valence-corrected chi connectivity index (χ1v) is 8.08. The van der Waals surface area contributed by atoms with Gasteiger partial charge in [-0.25, -0.2) is 4.68 Å². The van der Waals surface area contributed by atoms with E-state index in [2.05, 4.69) is 29.2 Å². The summed E-state index contributed by atoms with van der Waals surface area (Å²) in [6.45, 7) is 6.72. The van der Waals surface area contributed by atoms with Crippen molar-refractivity contribution in [1.29, 1.82) is 0 Å². The maximum atomic E-state index is 12.3. The molecule has 21 heavy (non-hydrogen) atoms. The molecule has 1 aliphatic heterocycles. The Morgan fingerprint density at radius 1 is 1.43 bits per heavy atom. The molecule has 1 N–H and O–H groups in total. The normalized spacial score (nSPS) is 18.0. The van der Waals surface area contributed by atoms with Gasteiger partial charge in [0.25, 0.3) is 5.56 Å². The molecule has 0 radical (unpaired) electrons. The number of aryl methyl sites for hydroxylation is 1. The molecule has 0 bridgehead atoms. The summed E-state index contributed by atoms with van der Waals surface area (Å²) in [6, 6.07) is 0. The van der Waals surface area contributed by atoms with Gasteiger partial charge in [-0.2, -0.15) is 5.10 Å². The second kappa shape index (κ2) is 6.79. The van der Waals surface area contributed by atoms with Crippen molar-refractivity contribution in [3.63, 3.8) is 0 Å². The molecule has 0 unspecified atom stereocenters. The van der Waals surface area contributed by atoms with Gasteiger partial charge in [0, 0.05) is 25.2 Å². The SMILES string of the molecule is CCCCn1ncc(N2CCC(C)(NC)CC2)c(Cl)c1=O. The highest BCUT2D eigenvalue weighted by atomic mass is 35.5. The molecular weight excluding hydrogens is 288 g/mol. The number of rotatable bonds is 5. The number of halogens is 1. The van der Waals surface area contributed by atoms with E-state index in [9.17, 15) is 4.79 Å². The lowest BCUT2D eigenvalue weighted by Gasteiger charge is -2.40. The van der Waals surface area contributed by atoms with Gasteiger partial charge < -0.3 is 10.2 Å². The molecule has 5 nitrogen and oxygen atoms in total. The molecule has 2 heterocycles. The van der Waals surface area contributed by atoms with Crippen LogP contribution in [0.5, 0.6) is 0 Å². The number of unbranched alkanes of at least 4 members (excludes halogenated alkanes) is 1. The third kappa shape index (κ3) is 3.58. The zero-order valence-corrected chi connectivity index (χ0v) is 13.9. The Morgan fingerprint density at radius 3 is 2.67 bits per heavy atom. The van der Waals surface area contributed by atoms with Crippen molar-refractivity contribution in [2.24, 2.45) is 0 Å². The van der Waals surface area contributed by atoms with Crippen molar-refractivity contribution in [2.75, 3.05) is 25.0 Å². The number of nitrogens with zero attached hydrogens (tertiary/aromatic N) is 3. The van der Waals surface area contributed by atoms with Crippen molar-refractivity contribution in [3.8, 4) is 0 Å². The molecule has 1 fully saturated rings. The van der Waals surface area contributed by atoms with Gasteiger partial charge in [0.15, 0.2) is 0 Å². The van der Waals surface area contributed by atoms with Gasteiger partial charge in [-0.3, -0.25) is 4.79 Å². The highest BCUT2D eigenvalue weighted by molar-refractivity contribution is 6.33. The minimum atomic E-state index is -0.176. The lowest BCUT2D eigenvalue weighted by molar-refractivity contribution is 0.305. The van der Waals surface area contributed by atoms with Crippen LogP contribution in [0.15, 0.2) is 11.0 Å². The fourth-order valence-corrected chi connectivity index (χ4v) is 2.90. The number of nitrogens with one attached hydrogen (secondary N) is 1. The second-order valence-corrected chi connectivity index (χ2v) is 6.40. The second-order valence-electron chi connectivity index (χ2n) is 6.02. The Bertz CT molecular complexity index is 535. The third-order valence-electron chi connectivity index (χ3n) is 4.50.